The molecule has 1 saturated carbocycles. The van der Waals surface area contributed by atoms with Gasteiger partial charge in [0, 0.05) is 36.3 Å². The van der Waals surface area contributed by atoms with Crippen LogP contribution in [0.25, 0.3) is 27.9 Å². The van der Waals surface area contributed by atoms with Gasteiger partial charge in [0.05, 0.1) is 11.2 Å². The third-order valence-corrected chi connectivity index (χ3v) is 6.81. The molecular formula is C27H23N3O. The van der Waals surface area contributed by atoms with E-state index in [1.54, 1.807) is 0 Å². The second-order valence-electron chi connectivity index (χ2n) is 8.66. The van der Waals surface area contributed by atoms with Crippen molar-refractivity contribution in [2.24, 2.45) is 0 Å². The molecule has 0 saturated heterocycles. The average molecular weight is 406 g/mol. The molecule has 4 aromatic rings. The van der Waals surface area contributed by atoms with Gasteiger partial charge in [-0.1, -0.05) is 42.5 Å². The Bertz CT molecular complexity index is 1330. The summed E-state index contributed by atoms with van der Waals surface area (Å²) < 4.78 is 2.10. The lowest BCUT2D eigenvalue weighted by atomic mass is 9.96. The number of nitrogens with zero attached hydrogens (tertiary/aromatic N) is 3. The second-order valence-corrected chi connectivity index (χ2v) is 8.66. The zero-order valence-corrected chi connectivity index (χ0v) is 17.7. The molecule has 1 fully saturated rings. The zero-order valence-electron chi connectivity index (χ0n) is 17.7. The Morgan fingerprint density at radius 2 is 1.65 bits per heavy atom. The normalized spacial score (nSPS) is 16.1. The van der Waals surface area contributed by atoms with Crippen molar-refractivity contribution in [1.29, 1.82) is 0 Å². The van der Waals surface area contributed by atoms with E-state index in [0.717, 1.165) is 52.2 Å². The lowest BCUT2D eigenvalue weighted by Crippen LogP contribution is -2.36. The van der Waals surface area contributed by atoms with Crippen LogP contribution in [0.5, 0.6) is 0 Å². The number of fused-ring (bicyclic) bond motifs is 4. The van der Waals surface area contributed by atoms with E-state index >= 15 is 0 Å². The van der Waals surface area contributed by atoms with E-state index in [1.165, 1.54) is 5.56 Å². The molecule has 152 valence electrons. The fraction of sp³-hybridized carbons (Fsp3) is 0.185. The van der Waals surface area contributed by atoms with E-state index in [-0.39, 0.29) is 11.4 Å². The highest BCUT2D eigenvalue weighted by Crippen LogP contribution is 2.54. The molecule has 0 N–H and O–H groups in total. The quantitative estimate of drug-likeness (QED) is 0.436. The first-order chi connectivity index (χ1) is 15.1. The highest BCUT2D eigenvalue weighted by atomic mass is 16.2. The van der Waals surface area contributed by atoms with Crippen molar-refractivity contribution in [1.82, 2.24) is 14.5 Å². The van der Waals surface area contributed by atoms with Crippen LogP contribution in [0.4, 0.5) is 0 Å². The largest absolute Gasteiger partial charge is 0.331 e. The Morgan fingerprint density at radius 3 is 2.39 bits per heavy atom. The van der Waals surface area contributed by atoms with Gasteiger partial charge in [-0.05, 0) is 60.7 Å². The highest BCUT2D eigenvalue weighted by molar-refractivity contribution is 5.97. The zero-order chi connectivity index (χ0) is 21.2. The molecule has 4 nitrogen and oxygen atoms in total. The van der Waals surface area contributed by atoms with Gasteiger partial charge in [-0.15, -0.1) is 0 Å². The van der Waals surface area contributed by atoms with Crippen LogP contribution in [0.2, 0.25) is 0 Å². The van der Waals surface area contributed by atoms with E-state index in [0.29, 0.717) is 0 Å². The first-order valence-electron chi connectivity index (χ1n) is 10.7. The second kappa shape index (κ2) is 6.42. The van der Waals surface area contributed by atoms with Gasteiger partial charge in [-0.3, -0.25) is 9.78 Å². The summed E-state index contributed by atoms with van der Waals surface area (Å²) in [6.07, 6.45) is 5.97. The van der Waals surface area contributed by atoms with Gasteiger partial charge in [0.1, 0.15) is 5.69 Å². The lowest BCUT2D eigenvalue weighted by molar-refractivity contribution is 0.0705. The monoisotopic (exact) mass is 405 g/mol. The lowest BCUT2D eigenvalue weighted by Gasteiger charge is -2.27. The van der Waals surface area contributed by atoms with E-state index in [1.807, 2.05) is 55.4 Å². The van der Waals surface area contributed by atoms with Crippen molar-refractivity contribution >= 4 is 5.91 Å². The predicted octanol–water partition coefficient (Wildman–Crippen LogP) is 5.59. The SMILES string of the molecule is Cc1cc(-c2ccc3c(c2)-n2cc(-c4ccccc4)cc2C(=O)N(C)C32CC2)ccn1. The maximum Gasteiger partial charge on any atom is 0.271 e. The molecular weight excluding hydrogens is 382 g/mol. The first-order valence-corrected chi connectivity index (χ1v) is 10.7. The van der Waals surface area contributed by atoms with Crippen LogP contribution < -0.4 is 0 Å². The summed E-state index contributed by atoms with van der Waals surface area (Å²) in [5.41, 5.74) is 8.29. The molecule has 1 aliphatic heterocycles. The molecule has 0 atom stereocenters. The number of benzene rings is 2. The Morgan fingerprint density at radius 1 is 0.871 bits per heavy atom. The fourth-order valence-electron chi connectivity index (χ4n) is 4.91. The molecule has 6 rings (SSSR count). The molecule has 2 aromatic heterocycles. The van der Waals surface area contributed by atoms with Crippen LogP contribution in [0.3, 0.4) is 0 Å². The van der Waals surface area contributed by atoms with E-state index in [2.05, 4.69) is 52.1 Å². The van der Waals surface area contributed by atoms with Gasteiger partial charge >= 0.3 is 0 Å². The Balaban J connectivity index is 1.60. The maximum atomic E-state index is 13.5. The van der Waals surface area contributed by atoms with E-state index in [4.69, 9.17) is 0 Å². The minimum atomic E-state index is -0.189. The number of aryl methyl sites for hydroxylation is 1. The van der Waals surface area contributed by atoms with Gasteiger partial charge in [0.2, 0.25) is 0 Å². The number of hydrogen-bond donors (Lipinski definition) is 0. The van der Waals surface area contributed by atoms with Gasteiger partial charge in [0.25, 0.3) is 5.91 Å². The van der Waals surface area contributed by atoms with Crippen molar-refractivity contribution in [3.8, 4) is 27.9 Å². The predicted molar refractivity (Wildman–Crippen MR) is 122 cm³/mol. The Kier molecular flexibility index (Phi) is 3.75. The number of carbonyl (C=O) groups excluding carboxylic acids is 1. The number of carbonyl (C=O) groups is 1. The smallest absolute Gasteiger partial charge is 0.271 e. The summed E-state index contributed by atoms with van der Waals surface area (Å²) in [7, 11) is 1.95. The van der Waals surface area contributed by atoms with Crippen molar-refractivity contribution in [3.63, 3.8) is 0 Å². The molecule has 4 heteroatoms. The highest BCUT2D eigenvalue weighted by Gasteiger charge is 2.53. The van der Waals surface area contributed by atoms with Crippen molar-refractivity contribution in [2.45, 2.75) is 25.3 Å². The molecule has 1 spiro atoms. The molecule has 2 aromatic carbocycles. The Hall–Kier alpha value is -3.66. The Labute approximate surface area is 181 Å². The third-order valence-electron chi connectivity index (χ3n) is 6.81. The number of aromatic nitrogens is 2. The molecule has 0 radical (unpaired) electrons. The number of pyridine rings is 1. The summed E-state index contributed by atoms with van der Waals surface area (Å²) in [6.45, 7) is 2.01. The number of hydrogen-bond acceptors (Lipinski definition) is 2. The molecule has 31 heavy (non-hydrogen) atoms. The maximum absolute atomic E-state index is 13.5. The summed E-state index contributed by atoms with van der Waals surface area (Å²) in [5, 5.41) is 0. The van der Waals surface area contributed by atoms with Crippen molar-refractivity contribution < 1.29 is 4.79 Å². The van der Waals surface area contributed by atoms with E-state index < -0.39 is 0 Å². The van der Waals surface area contributed by atoms with Crippen LogP contribution >= 0.6 is 0 Å². The average Bonchev–Trinajstić information content (AvgIpc) is 3.50. The van der Waals surface area contributed by atoms with Crippen molar-refractivity contribution in [3.05, 3.63) is 96.1 Å². The summed E-state index contributed by atoms with van der Waals surface area (Å²) in [4.78, 5) is 19.8. The van der Waals surface area contributed by atoms with Gasteiger partial charge in [-0.2, -0.15) is 0 Å². The standard InChI is InChI=1S/C27H23N3O/c1-18-14-21(10-13-28-18)20-8-9-23-24(15-20)30-17-22(19-6-4-3-5-7-19)16-25(30)26(31)29(2)27(23)11-12-27/h3-10,13-17H,11-12H2,1-2H3. The van der Waals surface area contributed by atoms with Gasteiger partial charge in [-0.25, -0.2) is 0 Å². The topological polar surface area (TPSA) is 38.1 Å². The molecule has 1 amide bonds. The fourth-order valence-corrected chi connectivity index (χ4v) is 4.91. The van der Waals surface area contributed by atoms with Crippen LogP contribution in [0, 0.1) is 6.92 Å². The van der Waals surface area contributed by atoms with Crippen LogP contribution in [-0.4, -0.2) is 27.4 Å². The van der Waals surface area contributed by atoms with Gasteiger partial charge < -0.3 is 9.47 Å². The van der Waals surface area contributed by atoms with Crippen LogP contribution in [0.15, 0.2) is 79.1 Å². The number of amides is 1. The minimum absolute atomic E-state index is 0.0807. The third kappa shape index (κ3) is 2.68. The van der Waals surface area contributed by atoms with Crippen molar-refractivity contribution in [2.75, 3.05) is 7.05 Å². The van der Waals surface area contributed by atoms with Crippen LogP contribution in [-0.2, 0) is 5.54 Å². The summed E-state index contributed by atoms with van der Waals surface area (Å²) in [5.74, 6) is 0.0807. The molecule has 0 bridgehead atoms. The summed E-state index contributed by atoms with van der Waals surface area (Å²) in [6, 6.07) is 23.1. The minimum Gasteiger partial charge on any atom is -0.331 e. The van der Waals surface area contributed by atoms with E-state index in [9.17, 15) is 4.79 Å². The van der Waals surface area contributed by atoms with Crippen LogP contribution in [0.1, 0.15) is 34.6 Å². The summed E-state index contributed by atoms with van der Waals surface area (Å²) >= 11 is 0. The molecule has 1 aliphatic carbocycles. The number of rotatable bonds is 2. The molecule has 0 unspecified atom stereocenters. The van der Waals surface area contributed by atoms with Gasteiger partial charge in [0.15, 0.2) is 0 Å². The first kappa shape index (κ1) is 18.1. The molecule has 3 heterocycles. The molecule has 2 aliphatic rings.